The molecular formula is C10H21NO2. The number of aliphatic carboxylic acids is 1. The third-order valence-corrected chi connectivity index (χ3v) is 2.26. The topological polar surface area (TPSA) is 40.5 Å². The van der Waals surface area contributed by atoms with E-state index in [9.17, 15) is 4.79 Å². The fraction of sp³-hybridized carbons (Fsp3) is 0.900. The van der Waals surface area contributed by atoms with Crippen molar-refractivity contribution in [2.45, 2.75) is 33.1 Å². The molecule has 0 amide bonds. The average Bonchev–Trinajstić information content (AvgIpc) is 2.10. The van der Waals surface area contributed by atoms with E-state index < -0.39 is 5.97 Å². The smallest absolute Gasteiger partial charge is 0.306 e. The van der Waals surface area contributed by atoms with Crippen LogP contribution in [0.1, 0.15) is 33.1 Å². The Morgan fingerprint density at radius 2 is 2.08 bits per heavy atom. The van der Waals surface area contributed by atoms with Crippen LogP contribution >= 0.6 is 0 Å². The number of hydrogen-bond donors (Lipinski definition) is 1. The Balaban J connectivity index is 3.45. The zero-order valence-electron chi connectivity index (χ0n) is 8.92. The SMILES string of the molecule is CCCCN(C)CCC(C)C(=O)O. The summed E-state index contributed by atoms with van der Waals surface area (Å²) in [6, 6.07) is 0. The van der Waals surface area contributed by atoms with Gasteiger partial charge in [0, 0.05) is 0 Å². The molecule has 3 heteroatoms. The molecule has 0 aromatic rings. The van der Waals surface area contributed by atoms with Crippen LogP contribution < -0.4 is 0 Å². The minimum atomic E-state index is -0.691. The van der Waals surface area contributed by atoms with Crippen LogP contribution in [0, 0.1) is 5.92 Å². The summed E-state index contributed by atoms with van der Waals surface area (Å²) in [4.78, 5) is 12.7. The number of hydrogen-bond acceptors (Lipinski definition) is 2. The van der Waals surface area contributed by atoms with Crippen molar-refractivity contribution in [1.29, 1.82) is 0 Å². The number of unbranched alkanes of at least 4 members (excludes halogenated alkanes) is 1. The highest BCUT2D eigenvalue weighted by molar-refractivity contribution is 5.69. The second-order valence-corrected chi connectivity index (χ2v) is 3.68. The highest BCUT2D eigenvalue weighted by Crippen LogP contribution is 2.03. The highest BCUT2D eigenvalue weighted by Gasteiger charge is 2.10. The summed E-state index contributed by atoms with van der Waals surface area (Å²) < 4.78 is 0. The molecule has 1 N–H and O–H groups in total. The van der Waals surface area contributed by atoms with Gasteiger partial charge in [0.25, 0.3) is 0 Å². The first kappa shape index (κ1) is 12.4. The van der Waals surface area contributed by atoms with Gasteiger partial charge in [-0.1, -0.05) is 20.3 Å². The van der Waals surface area contributed by atoms with E-state index in [4.69, 9.17) is 5.11 Å². The van der Waals surface area contributed by atoms with Gasteiger partial charge in [0.2, 0.25) is 0 Å². The van der Waals surface area contributed by atoms with Gasteiger partial charge in [0.1, 0.15) is 0 Å². The zero-order chi connectivity index (χ0) is 10.3. The summed E-state index contributed by atoms with van der Waals surface area (Å²) in [5.41, 5.74) is 0. The molecule has 0 saturated heterocycles. The number of nitrogens with zero attached hydrogens (tertiary/aromatic N) is 1. The van der Waals surface area contributed by atoms with Crippen molar-refractivity contribution >= 4 is 5.97 Å². The van der Waals surface area contributed by atoms with Gasteiger partial charge in [-0.25, -0.2) is 0 Å². The number of carboxylic acids is 1. The molecule has 0 rings (SSSR count). The van der Waals surface area contributed by atoms with Crippen LogP contribution in [-0.4, -0.2) is 36.1 Å². The summed E-state index contributed by atoms with van der Waals surface area (Å²) in [6.07, 6.45) is 3.13. The molecule has 13 heavy (non-hydrogen) atoms. The molecule has 0 bridgehead atoms. The van der Waals surface area contributed by atoms with Crippen molar-refractivity contribution < 1.29 is 9.90 Å². The standard InChI is InChI=1S/C10H21NO2/c1-4-5-7-11(3)8-6-9(2)10(12)13/h9H,4-8H2,1-3H3,(H,12,13). The third kappa shape index (κ3) is 6.58. The monoisotopic (exact) mass is 187 g/mol. The van der Waals surface area contributed by atoms with E-state index in [1.165, 1.54) is 12.8 Å². The Kier molecular flexibility index (Phi) is 6.59. The quantitative estimate of drug-likeness (QED) is 0.661. The predicted octanol–water partition coefficient (Wildman–Crippen LogP) is 1.83. The molecule has 0 aliphatic carbocycles. The second kappa shape index (κ2) is 6.89. The maximum atomic E-state index is 10.5. The molecular weight excluding hydrogens is 166 g/mol. The maximum absolute atomic E-state index is 10.5. The lowest BCUT2D eigenvalue weighted by molar-refractivity contribution is -0.141. The van der Waals surface area contributed by atoms with Gasteiger partial charge in [0.15, 0.2) is 0 Å². The summed E-state index contributed by atoms with van der Waals surface area (Å²) in [7, 11) is 2.05. The third-order valence-electron chi connectivity index (χ3n) is 2.26. The van der Waals surface area contributed by atoms with Crippen molar-refractivity contribution in [2.24, 2.45) is 5.92 Å². The maximum Gasteiger partial charge on any atom is 0.306 e. The molecule has 0 radical (unpaired) electrons. The normalized spacial score (nSPS) is 13.2. The van der Waals surface area contributed by atoms with Gasteiger partial charge in [0.05, 0.1) is 5.92 Å². The summed E-state index contributed by atoms with van der Waals surface area (Å²) in [5, 5.41) is 8.65. The van der Waals surface area contributed by atoms with Crippen molar-refractivity contribution in [3.05, 3.63) is 0 Å². The molecule has 1 unspecified atom stereocenters. The fourth-order valence-electron chi connectivity index (χ4n) is 1.08. The van der Waals surface area contributed by atoms with E-state index in [0.29, 0.717) is 0 Å². The van der Waals surface area contributed by atoms with E-state index in [1.54, 1.807) is 6.92 Å². The molecule has 3 nitrogen and oxygen atoms in total. The molecule has 0 aliphatic rings. The van der Waals surface area contributed by atoms with Gasteiger partial charge < -0.3 is 10.0 Å². The van der Waals surface area contributed by atoms with E-state index in [0.717, 1.165) is 19.5 Å². The number of carbonyl (C=O) groups is 1. The summed E-state index contributed by atoms with van der Waals surface area (Å²) >= 11 is 0. The number of carboxylic acid groups (broad SMARTS) is 1. The minimum Gasteiger partial charge on any atom is -0.481 e. The Hall–Kier alpha value is -0.570. The average molecular weight is 187 g/mol. The molecule has 0 heterocycles. The van der Waals surface area contributed by atoms with Crippen molar-refractivity contribution in [1.82, 2.24) is 4.90 Å². The lowest BCUT2D eigenvalue weighted by atomic mass is 10.1. The first-order chi connectivity index (χ1) is 6.07. The van der Waals surface area contributed by atoms with Crippen molar-refractivity contribution in [3.63, 3.8) is 0 Å². The van der Waals surface area contributed by atoms with Crippen LogP contribution in [-0.2, 0) is 4.79 Å². The van der Waals surface area contributed by atoms with E-state index in [1.807, 2.05) is 7.05 Å². The van der Waals surface area contributed by atoms with Crippen LogP contribution in [0.15, 0.2) is 0 Å². The van der Waals surface area contributed by atoms with Crippen LogP contribution in [0.25, 0.3) is 0 Å². The lowest BCUT2D eigenvalue weighted by Crippen LogP contribution is -2.24. The minimum absolute atomic E-state index is 0.218. The molecule has 78 valence electrons. The van der Waals surface area contributed by atoms with E-state index >= 15 is 0 Å². The van der Waals surface area contributed by atoms with Gasteiger partial charge in [-0.3, -0.25) is 4.79 Å². The Morgan fingerprint density at radius 1 is 1.46 bits per heavy atom. The van der Waals surface area contributed by atoms with Crippen LogP contribution in [0.5, 0.6) is 0 Å². The van der Waals surface area contributed by atoms with Gasteiger partial charge in [-0.15, -0.1) is 0 Å². The second-order valence-electron chi connectivity index (χ2n) is 3.68. The zero-order valence-corrected chi connectivity index (χ0v) is 8.92. The summed E-state index contributed by atoms with van der Waals surface area (Å²) in [6.45, 7) is 5.88. The summed E-state index contributed by atoms with van der Waals surface area (Å²) in [5.74, 6) is -0.909. The van der Waals surface area contributed by atoms with E-state index in [2.05, 4.69) is 11.8 Å². The molecule has 0 aromatic heterocycles. The van der Waals surface area contributed by atoms with Crippen LogP contribution in [0.2, 0.25) is 0 Å². The molecule has 0 fully saturated rings. The molecule has 0 aromatic carbocycles. The first-order valence-corrected chi connectivity index (χ1v) is 4.99. The van der Waals surface area contributed by atoms with E-state index in [-0.39, 0.29) is 5.92 Å². The van der Waals surface area contributed by atoms with Gasteiger partial charge in [-0.2, -0.15) is 0 Å². The van der Waals surface area contributed by atoms with Crippen molar-refractivity contribution in [2.75, 3.05) is 20.1 Å². The van der Waals surface area contributed by atoms with Crippen LogP contribution in [0.4, 0.5) is 0 Å². The molecule has 0 aliphatic heterocycles. The fourth-order valence-corrected chi connectivity index (χ4v) is 1.08. The Bertz CT molecular complexity index is 148. The first-order valence-electron chi connectivity index (χ1n) is 4.99. The lowest BCUT2D eigenvalue weighted by Gasteiger charge is -2.17. The van der Waals surface area contributed by atoms with Crippen molar-refractivity contribution in [3.8, 4) is 0 Å². The van der Waals surface area contributed by atoms with Gasteiger partial charge >= 0.3 is 5.97 Å². The molecule has 0 spiro atoms. The Morgan fingerprint density at radius 3 is 2.54 bits per heavy atom. The molecule has 1 atom stereocenters. The Labute approximate surface area is 80.7 Å². The van der Waals surface area contributed by atoms with Gasteiger partial charge in [-0.05, 0) is 33.0 Å². The molecule has 0 saturated carbocycles. The predicted molar refractivity (Wildman–Crippen MR) is 53.8 cm³/mol. The number of rotatable bonds is 7. The van der Waals surface area contributed by atoms with Crippen LogP contribution in [0.3, 0.4) is 0 Å². The highest BCUT2D eigenvalue weighted by atomic mass is 16.4. The largest absolute Gasteiger partial charge is 0.481 e.